The number of halogens is 1. The van der Waals surface area contributed by atoms with Crippen LogP contribution < -0.4 is 4.74 Å². The van der Waals surface area contributed by atoms with Crippen LogP contribution in [0.3, 0.4) is 0 Å². The SMILES string of the molecule is CCCC1CCc2nc(-c3ccc(OC)cc3)ccc2C1=O.Cl. The molecular weight excluding hydrogens is 310 g/mol. The standard InChI is InChI=1S/C19H21NO2.ClH/c1-3-4-14-7-11-18-16(19(14)21)10-12-17(20-18)13-5-8-15(22-2)9-6-13;/h5-6,8-10,12,14H,3-4,7,11H2,1-2H3;1H. The van der Waals surface area contributed by atoms with Gasteiger partial charge in [-0.2, -0.15) is 0 Å². The van der Waals surface area contributed by atoms with Crippen molar-refractivity contribution in [2.24, 2.45) is 5.92 Å². The highest BCUT2D eigenvalue weighted by molar-refractivity contribution is 6.00. The lowest BCUT2D eigenvalue weighted by Gasteiger charge is -2.22. The Bertz CT molecular complexity index is 682. The molecule has 1 unspecified atom stereocenters. The molecule has 3 rings (SSSR count). The molecule has 3 nitrogen and oxygen atoms in total. The third-order valence-corrected chi connectivity index (χ3v) is 4.36. The Hall–Kier alpha value is -1.87. The molecule has 0 saturated heterocycles. The van der Waals surface area contributed by atoms with Crippen molar-refractivity contribution < 1.29 is 9.53 Å². The second-order valence-corrected chi connectivity index (χ2v) is 5.81. The van der Waals surface area contributed by atoms with Crippen LogP contribution in [0.2, 0.25) is 0 Å². The number of ketones is 1. The molecule has 0 aliphatic heterocycles. The van der Waals surface area contributed by atoms with Crippen LogP contribution in [-0.4, -0.2) is 17.9 Å². The Morgan fingerprint density at radius 2 is 1.91 bits per heavy atom. The highest BCUT2D eigenvalue weighted by Crippen LogP contribution is 2.30. The van der Waals surface area contributed by atoms with Gasteiger partial charge in [-0.1, -0.05) is 13.3 Å². The van der Waals surface area contributed by atoms with E-state index in [0.29, 0.717) is 0 Å². The number of fused-ring (bicyclic) bond motifs is 1. The van der Waals surface area contributed by atoms with Crippen LogP contribution in [0.15, 0.2) is 36.4 Å². The molecule has 0 bridgehead atoms. The van der Waals surface area contributed by atoms with Crippen LogP contribution >= 0.6 is 12.4 Å². The molecule has 1 aliphatic carbocycles. The molecule has 0 spiro atoms. The van der Waals surface area contributed by atoms with E-state index in [2.05, 4.69) is 6.92 Å². The molecule has 0 saturated carbocycles. The number of carbonyl (C=O) groups excluding carboxylic acids is 1. The molecule has 2 aromatic rings. The molecule has 0 amide bonds. The summed E-state index contributed by atoms with van der Waals surface area (Å²) in [6.07, 6.45) is 3.87. The van der Waals surface area contributed by atoms with E-state index in [1.165, 1.54) is 0 Å². The second-order valence-electron chi connectivity index (χ2n) is 5.81. The zero-order valence-electron chi connectivity index (χ0n) is 13.5. The molecule has 1 aromatic heterocycles. The van der Waals surface area contributed by atoms with Crippen LogP contribution in [0.4, 0.5) is 0 Å². The zero-order chi connectivity index (χ0) is 15.5. The van der Waals surface area contributed by atoms with Gasteiger partial charge in [-0.05, 0) is 55.7 Å². The lowest BCUT2D eigenvalue weighted by atomic mass is 9.82. The van der Waals surface area contributed by atoms with Gasteiger partial charge in [0.2, 0.25) is 0 Å². The summed E-state index contributed by atoms with van der Waals surface area (Å²) < 4.78 is 5.18. The Balaban J connectivity index is 0.00000192. The number of rotatable bonds is 4. The maximum Gasteiger partial charge on any atom is 0.167 e. The van der Waals surface area contributed by atoms with Gasteiger partial charge in [-0.25, -0.2) is 0 Å². The molecule has 1 aromatic carbocycles. The topological polar surface area (TPSA) is 39.2 Å². The number of carbonyl (C=O) groups is 1. The minimum Gasteiger partial charge on any atom is -0.497 e. The number of Topliss-reactive ketones (excluding diaryl/α,β-unsaturated/α-hetero) is 1. The summed E-state index contributed by atoms with van der Waals surface area (Å²) in [4.78, 5) is 17.2. The van der Waals surface area contributed by atoms with Crippen LogP contribution in [0.1, 0.15) is 42.2 Å². The van der Waals surface area contributed by atoms with E-state index < -0.39 is 0 Å². The van der Waals surface area contributed by atoms with Gasteiger partial charge < -0.3 is 4.74 Å². The van der Waals surface area contributed by atoms with Crippen molar-refractivity contribution in [3.8, 4) is 17.0 Å². The van der Waals surface area contributed by atoms with E-state index >= 15 is 0 Å². The summed E-state index contributed by atoms with van der Waals surface area (Å²) in [5.41, 5.74) is 3.74. The summed E-state index contributed by atoms with van der Waals surface area (Å²) in [5, 5.41) is 0. The number of benzene rings is 1. The highest BCUT2D eigenvalue weighted by atomic mass is 35.5. The molecular formula is C19H22ClNO2. The van der Waals surface area contributed by atoms with Gasteiger partial charge in [-0.15, -0.1) is 12.4 Å². The number of aryl methyl sites for hydroxylation is 1. The first-order chi connectivity index (χ1) is 10.7. The third-order valence-electron chi connectivity index (χ3n) is 4.36. The van der Waals surface area contributed by atoms with E-state index in [0.717, 1.165) is 53.9 Å². The molecule has 122 valence electrons. The molecule has 1 atom stereocenters. The lowest BCUT2D eigenvalue weighted by molar-refractivity contribution is 0.0893. The largest absolute Gasteiger partial charge is 0.497 e. The summed E-state index contributed by atoms with van der Waals surface area (Å²) in [6.45, 7) is 2.13. The predicted molar refractivity (Wildman–Crippen MR) is 94.5 cm³/mol. The molecule has 0 fully saturated rings. The van der Waals surface area contributed by atoms with Gasteiger partial charge in [0.1, 0.15) is 5.75 Å². The smallest absolute Gasteiger partial charge is 0.167 e. The average molecular weight is 332 g/mol. The van der Waals surface area contributed by atoms with Gasteiger partial charge in [0.25, 0.3) is 0 Å². The minimum atomic E-state index is 0. The normalized spacial score (nSPS) is 16.4. The number of ether oxygens (including phenoxy) is 1. The molecule has 0 N–H and O–H groups in total. The van der Waals surface area contributed by atoms with Gasteiger partial charge in [0.05, 0.1) is 18.5 Å². The van der Waals surface area contributed by atoms with Crippen molar-refractivity contribution in [3.05, 3.63) is 47.7 Å². The van der Waals surface area contributed by atoms with Crippen LogP contribution in [0.5, 0.6) is 5.75 Å². The number of pyridine rings is 1. The highest BCUT2D eigenvalue weighted by Gasteiger charge is 2.27. The maximum absolute atomic E-state index is 12.5. The van der Waals surface area contributed by atoms with Crippen molar-refractivity contribution >= 4 is 18.2 Å². The van der Waals surface area contributed by atoms with E-state index in [4.69, 9.17) is 9.72 Å². The number of hydrogen-bond acceptors (Lipinski definition) is 3. The number of methoxy groups -OCH3 is 1. The van der Waals surface area contributed by atoms with Gasteiger partial charge >= 0.3 is 0 Å². The average Bonchev–Trinajstić information content (AvgIpc) is 2.57. The minimum absolute atomic E-state index is 0. The second kappa shape index (κ2) is 7.60. The van der Waals surface area contributed by atoms with Gasteiger partial charge in [0, 0.05) is 17.0 Å². The molecule has 1 aliphatic rings. The van der Waals surface area contributed by atoms with Crippen molar-refractivity contribution in [2.45, 2.75) is 32.6 Å². The Kier molecular flexibility index (Phi) is 5.78. The first-order valence-electron chi connectivity index (χ1n) is 7.91. The van der Waals surface area contributed by atoms with Crippen molar-refractivity contribution in [1.29, 1.82) is 0 Å². The Morgan fingerprint density at radius 1 is 1.17 bits per heavy atom. The van der Waals surface area contributed by atoms with Crippen molar-refractivity contribution in [2.75, 3.05) is 7.11 Å². The first kappa shape index (κ1) is 17.5. The summed E-state index contributed by atoms with van der Waals surface area (Å²) in [5.74, 6) is 1.29. The summed E-state index contributed by atoms with van der Waals surface area (Å²) in [7, 11) is 1.66. The van der Waals surface area contributed by atoms with Crippen molar-refractivity contribution in [1.82, 2.24) is 4.98 Å². The summed E-state index contributed by atoms with van der Waals surface area (Å²) >= 11 is 0. The van der Waals surface area contributed by atoms with Crippen LogP contribution in [0, 0.1) is 5.92 Å². The Labute approximate surface area is 143 Å². The fraction of sp³-hybridized carbons (Fsp3) is 0.368. The number of aromatic nitrogens is 1. The van der Waals surface area contributed by atoms with E-state index in [9.17, 15) is 4.79 Å². The molecule has 4 heteroatoms. The molecule has 23 heavy (non-hydrogen) atoms. The predicted octanol–water partition coefficient (Wildman–Crippen LogP) is 4.72. The fourth-order valence-corrected chi connectivity index (χ4v) is 3.12. The molecule has 1 heterocycles. The van der Waals surface area contributed by atoms with Crippen LogP contribution in [-0.2, 0) is 6.42 Å². The maximum atomic E-state index is 12.5. The Morgan fingerprint density at radius 3 is 2.57 bits per heavy atom. The fourth-order valence-electron chi connectivity index (χ4n) is 3.12. The van der Waals surface area contributed by atoms with E-state index in [1.54, 1.807) is 7.11 Å². The van der Waals surface area contributed by atoms with Gasteiger partial charge in [-0.3, -0.25) is 9.78 Å². The zero-order valence-corrected chi connectivity index (χ0v) is 14.4. The monoisotopic (exact) mass is 331 g/mol. The van der Waals surface area contributed by atoms with E-state index in [-0.39, 0.29) is 24.1 Å². The van der Waals surface area contributed by atoms with Crippen LogP contribution in [0.25, 0.3) is 11.3 Å². The van der Waals surface area contributed by atoms with Crippen molar-refractivity contribution in [3.63, 3.8) is 0 Å². The lowest BCUT2D eigenvalue weighted by Crippen LogP contribution is -2.23. The third kappa shape index (κ3) is 3.56. The number of hydrogen-bond donors (Lipinski definition) is 0. The molecule has 0 radical (unpaired) electrons. The number of nitrogens with zero attached hydrogens (tertiary/aromatic N) is 1. The van der Waals surface area contributed by atoms with Gasteiger partial charge in [0.15, 0.2) is 5.78 Å². The quantitative estimate of drug-likeness (QED) is 0.813. The van der Waals surface area contributed by atoms with E-state index in [1.807, 2.05) is 36.4 Å². The summed E-state index contributed by atoms with van der Waals surface area (Å²) in [6, 6.07) is 11.8. The first-order valence-corrected chi connectivity index (χ1v) is 7.91.